The molecular weight excluding hydrogens is 260 g/mol. The van der Waals surface area contributed by atoms with Gasteiger partial charge in [-0.25, -0.2) is 0 Å². The van der Waals surface area contributed by atoms with Gasteiger partial charge >= 0.3 is 0 Å². The molecule has 0 saturated heterocycles. The van der Waals surface area contributed by atoms with Crippen molar-refractivity contribution < 1.29 is 4.79 Å². The van der Waals surface area contributed by atoms with E-state index < -0.39 is 0 Å². The van der Waals surface area contributed by atoms with Crippen LogP contribution in [-0.2, 0) is 0 Å². The highest BCUT2D eigenvalue weighted by molar-refractivity contribution is 7.98. The summed E-state index contributed by atoms with van der Waals surface area (Å²) in [6.07, 6.45) is 3.00. The van der Waals surface area contributed by atoms with Crippen LogP contribution >= 0.6 is 11.8 Å². The summed E-state index contributed by atoms with van der Waals surface area (Å²) in [7, 11) is 0. The van der Waals surface area contributed by atoms with Crippen LogP contribution in [0.25, 0.3) is 10.9 Å². The van der Waals surface area contributed by atoms with Crippen LogP contribution in [0.1, 0.15) is 23.8 Å². The van der Waals surface area contributed by atoms with E-state index in [9.17, 15) is 4.79 Å². The number of hydrogen-bond acceptors (Lipinski definition) is 4. The summed E-state index contributed by atoms with van der Waals surface area (Å²) in [5, 5.41) is 10.6. The molecule has 4 N–H and O–H groups in total. The maximum atomic E-state index is 12.2. The van der Waals surface area contributed by atoms with Gasteiger partial charge in [-0.15, -0.1) is 0 Å². The van der Waals surface area contributed by atoms with Gasteiger partial charge in [-0.1, -0.05) is 0 Å². The highest BCUT2D eigenvalue weighted by atomic mass is 32.2. The van der Waals surface area contributed by atoms with Crippen LogP contribution in [0, 0.1) is 0 Å². The lowest BCUT2D eigenvalue weighted by molar-refractivity contribution is 0.0936. The van der Waals surface area contributed by atoms with E-state index in [-0.39, 0.29) is 11.9 Å². The zero-order chi connectivity index (χ0) is 13.8. The molecule has 102 valence electrons. The van der Waals surface area contributed by atoms with E-state index in [1.165, 1.54) is 0 Å². The molecule has 19 heavy (non-hydrogen) atoms. The van der Waals surface area contributed by atoms with Gasteiger partial charge in [-0.05, 0) is 43.6 Å². The number of thioether (sulfide) groups is 1. The van der Waals surface area contributed by atoms with Gasteiger partial charge in [-0.2, -0.15) is 16.9 Å². The Labute approximate surface area is 116 Å². The second kappa shape index (κ2) is 5.97. The second-order valence-electron chi connectivity index (χ2n) is 4.53. The van der Waals surface area contributed by atoms with Crippen molar-refractivity contribution >= 4 is 34.3 Å². The maximum Gasteiger partial charge on any atom is 0.272 e. The van der Waals surface area contributed by atoms with E-state index in [1.54, 1.807) is 23.9 Å². The molecule has 0 fully saturated rings. The molecule has 1 amide bonds. The Morgan fingerprint density at radius 1 is 1.58 bits per heavy atom. The molecule has 2 aromatic rings. The number of nitrogens with one attached hydrogen (secondary N) is 2. The average Bonchev–Trinajstić information content (AvgIpc) is 2.79. The van der Waals surface area contributed by atoms with Gasteiger partial charge in [0.15, 0.2) is 5.69 Å². The Morgan fingerprint density at radius 2 is 2.37 bits per heavy atom. The lowest BCUT2D eigenvalue weighted by atomic mass is 10.1. The number of benzene rings is 1. The molecule has 0 spiro atoms. The van der Waals surface area contributed by atoms with Crippen molar-refractivity contribution in [3.8, 4) is 0 Å². The molecule has 0 radical (unpaired) electrons. The monoisotopic (exact) mass is 278 g/mol. The number of rotatable bonds is 5. The molecule has 1 aromatic carbocycles. The predicted octanol–water partition coefficient (Wildman–Crippen LogP) is 2.02. The Morgan fingerprint density at radius 3 is 3.11 bits per heavy atom. The zero-order valence-corrected chi connectivity index (χ0v) is 11.9. The molecule has 1 aromatic heterocycles. The van der Waals surface area contributed by atoms with E-state index in [4.69, 9.17) is 5.73 Å². The Bertz CT molecular complexity index is 581. The first kappa shape index (κ1) is 13.7. The lowest BCUT2D eigenvalue weighted by Crippen LogP contribution is -2.33. The third-order valence-electron chi connectivity index (χ3n) is 2.93. The van der Waals surface area contributed by atoms with Crippen molar-refractivity contribution in [1.82, 2.24) is 15.5 Å². The SMILES string of the molecule is CSCCC(C)NC(=O)c1n[nH]c2ccc(N)cc12. The quantitative estimate of drug-likeness (QED) is 0.731. The smallest absolute Gasteiger partial charge is 0.272 e. The zero-order valence-electron chi connectivity index (χ0n) is 11.1. The molecule has 5 nitrogen and oxygen atoms in total. The molecule has 0 aliphatic heterocycles. The standard InChI is InChI=1S/C13H18N4OS/c1-8(5-6-19-2)15-13(18)12-10-7-9(14)3-4-11(10)16-17-12/h3-4,7-8H,5-6,14H2,1-2H3,(H,15,18)(H,16,17). The van der Waals surface area contributed by atoms with Gasteiger partial charge in [0.2, 0.25) is 0 Å². The summed E-state index contributed by atoms with van der Waals surface area (Å²) in [4.78, 5) is 12.2. The Kier molecular flexibility index (Phi) is 4.31. The van der Waals surface area contributed by atoms with E-state index in [1.807, 2.05) is 13.0 Å². The summed E-state index contributed by atoms with van der Waals surface area (Å²) in [5.74, 6) is 0.862. The van der Waals surface area contributed by atoms with Crippen LogP contribution in [0.3, 0.4) is 0 Å². The molecule has 0 aliphatic carbocycles. The van der Waals surface area contributed by atoms with Crippen LogP contribution in [-0.4, -0.2) is 34.2 Å². The van der Waals surface area contributed by atoms with Gasteiger partial charge < -0.3 is 11.1 Å². The maximum absolute atomic E-state index is 12.2. The van der Waals surface area contributed by atoms with E-state index in [0.29, 0.717) is 11.4 Å². The number of nitrogen functional groups attached to an aromatic ring is 1. The van der Waals surface area contributed by atoms with Crippen LogP contribution in [0.15, 0.2) is 18.2 Å². The van der Waals surface area contributed by atoms with Crippen LogP contribution in [0.2, 0.25) is 0 Å². The second-order valence-corrected chi connectivity index (χ2v) is 5.52. The molecule has 2 rings (SSSR count). The Balaban J connectivity index is 2.15. The molecule has 1 heterocycles. The van der Waals surface area contributed by atoms with Crippen molar-refractivity contribution in [3.05, 3.63) is 23.9 Å². The van der Waals surface area contributed by atoms with Gasteiger partial charge in [-0.3, -0.25) is 9.89 Å². The number of nitrogens with zero attached hydrogens (tertiary/aromatic N) is 1. The normalized spacial score (nSPS) is 12.5. The molecule has 6 heteroatoms. The van der Waals surface area contributed by atoms with Gasteiger partial charge in [0.25, 0.3) is 5.91 Å². The number of nitrogens with two attached hydrogens (primary N) is 1. The highest BCUT2D eigenvalue weighted by Gasteiger charge is 2.16. The molecular formula is C13H18N4OS. The molecule has 0 saturated carbocycles. The number of H-pyrrole nitrogens is 1. The number of carbonyl (C=O) groups is 1. The molecule has 1 atom stereocenters. The van der Waals surface area contributed by atoms with Crippen molar-refractivity contribution in [3.63, 3.8) is 0 Å². The van der Waals surface area contributed by atoms with Crippen LogP contribution in [0.4, 0.5) is 5.69 Å². The van der Waals surface area contributed by atoms with E-state index in [2.05, 4.69) is 21.8 Å². The van der Waals surface area contributed by atoms with Crippen LogP contribution < -0.4 is 11.1 Å². The number of fused-ring (bicyclic) bond motifs is 1. The fourth-order valence-corrected chi connectivity index (χ4v) is 2.45. The fourth-order valence-electron chi connectivity index (χ4n) is 1.86. The van der Waals surface area contributed by atoms with E-state index in [0.717, 1.165) is 23.1 Å². The first-order valence-corrected chi connectivity index (χ1v) is 7.54. The minimum Gasteiger partial charge on any atom is -0.399 e. The van der Waals surface area contributed by atoms with Crippen molar-refractivity contribution in [2.24, 2.45) is 0 Å². The lowest BCUT2D eigenvalue weighted by Gasteiger charge is -2.12. The van der Waals surface area contributed by atoms with Crippen LogP contribution in [0.5, 0.6) is 0 Å². The third-order valence-corrected chi connectivity index (χ3v) is 3.58. The number of aromatic amines is 1. The van der Waals surface area contributed by atoms with Crippen molar-refractivity contribution in [2.75, 3.05) is 17.7 Å². The first-order valence-electron chi connectivity index (χ1n) is 6.15. The van der Waals surface area contributed by atoms with Gasteiger partial charge in [0, 0.05) is 17.1 Å². The number of amides is 1. The first-order chi connectivity index (χ1) is 9.11. The molecule has 0 aliphatic rings. The van der Waals surface area contributed by atoms with Crippen molar-refractivity contribution in [2.45, 2.75) is 19.4 Å². The average molecular weight is 278 g/mol. The number of aromatic nitrogens is 2. The summed E-state index contributed by atoms with van der Waals surface area (Å²) in [6.45, 7) is 2.00. The Hall–Kier alpha value is -1.69. The number of carbonyl (C=O) groups excluding carboxylic acids is 1. The number of hydrogen-bond donors (Lipinski definition) is 3. The fraction of sp³-hybridized carbons (Fsp3) is 0.385. The molecule has 0 bridgehead atoms. The highest BCUT2D eigenvalue weighted by Crippen LogP contribution is 2.19. The van der Waals surface area contributed by atoms with Gasteiger partial charge in [0.05, 0.1) is 5.52 Å². The number of anilines is 1. The minimum absolute atomic E-state index is 0.132. The largest absolute Gasteiger partial charge is 0.399 e. The van der Waals surface area contributed by atoms with Crippen molar-refractivity contribution in [1.29, 1.82) is 0 Å². The summed E-state index contributed by atoms with van der Waals surface area (Å²) >= 11 is 1.77. The minimum atomic E-state index is -0.162. The summed E-state index contributed by atoms with van der Waals surface area (Å²) in [6, 6.07) is 5.50. The molecule has 1 unspecified atom stereocenters. The summed E-state index contributed by atoms with van der Waals surface area (Å²) < 4.78 is 0. The van der Waals surface area contributed by atoms with Gasteiger partial charge in [0.1, 0.15) is 0 Å². The topological polar surface area (TPSA) is 83.8 Å². The summed E-state index contributed by atoms with van der Waals surface area (Å²) in [5.41, 5.74) is 7.58. The third kappa shape index (κ3) is 3.20. The predicted molar refractivity (Wildman–Crippen MR) is 80.4 cm³/mol. The van der Waals surface area contributed by atoms with E-state index >= 15 is 0 Å².